The molecule has 0 atom stereocenters. The van der Waals surface area contributed by atoms with Crippen molar-refractivity contribution in [1.29, 1.82) is 0 Å². The van der Waals surface area contributed by atoms with E-state index in [1.54, 1.807) is 6.29 Å². The van der Waals surface area contributed by atoms with E-state index < -0.39 is 7.26 Å². The van der Waals surface area contributed by atoms with Crippen molar-refractivity contribution >= 4 is 13.5 Å². The van der Waals surface area contributed by atoms with Gasteiger partial charge in [-0.2, -0.15) is 11.6 Å². The van der Waals surface area contributed by atoms with Crippen molar-refractivity contribution in [2.45, 2.75) is 6.92 Å². The molecule has 0 aromatic heterocycles. The van der Waals surface area contributed by atoms with Crippen molar-refractivity contribution in [3.63, 3.8) is 0 Å². The topological polar surface area (TPSA) is 17.1 Å². The first-order chi connectivity index (χ1) is 4.45. The fourth-order valence-electron chi connectivity index (χ4n) is 0.894. The Bertz CT molecular complexity index is 147. The number of allylic oxidation sites excluding steroid dienone is 2. The van der Waals surface area contributed by atoms with Crippen LogP contribution in [0.4, 0.5) is 0 Å². The molecule has 1 radical (unpaired) electrons. The van der Waals surface area contributed by atoms with E-state index in [1.807, 2.05) is 6.92 Å². The predicted molar refractivity (Wildman–Crippen MR) is 49.0 cm³/mol. The third kappa shape index (κ3) is 10.9. The first kappa shape index (κ1) is 14.5. The Morgan fingerprint density at radius 1 is 1.45 bits per heavy atom. The normalized spacial score (nSPS) is 12.2. The minimum Gasteiger partial charge on any atom is -0.419 e. The van der Waals surface area contributed by atoms with E-state index in [-0.39, 0.29) is 32.7 Å². The van der Waals surface area contributed by atoms with Crippen molar-refractivity contribution in [3.05, 3.63) is 11.6 Å². The van der Waals surface area contributed by atoms with Gasteiger partial charge in [0.25, 0.3) is 0 Å². The van der Waals surface area contributed by atoms with Crippen LogP contribution in [0.5, 0.6) is 0 Å². The summed E-state index contributed by atoms with van der Waals surface area (Å²) in [6.45, 7) is 8.76. The zero-order valence-corrected chi connectivity index (χ0v) is 11.4. The van der Waals surface area contributed by atoms with Gasteiger partial charge in [0.05, 0.1) is 0 Å². The largest absolute Gasteiger partial charge is 0.419 e. The minimum atomic E-state index is -0.749. The Morgan fingerprint density at radius 3 is 2.18 bits per heavy atom. The first-order valence-corrected chi connectivity index (χ1v) is 6.61. The van der Waals surface area contributed by atoms with Gasteiger partial charge in [-0.05, 0) is 13.5 Å². The molecule has 0 aliphatic heterocycles. The summed E-state index contributed by atoms with van der Waals surface area (Å²) in [4.78, 5) is 9.91. The van der Waals surface area contributed by atoms with Crippen LogP contribution in [0.1, 0.15) is 6.92 Å². The molecule has 0 aromatic carbocycles. The molecular formula is C8H15OPY. The Hall–Kier alpha value is 0.944. The van der Waals surface area contributed by atoms with Gasteiger partial charge in [-0.25, -0.2) is 0 Å². The fourth-order valence-corrected chi connectivity index (χ4v) is 2.48. The SMILES string of the molecule is C/C(=C\[C-]=O)C[P+](C)(C)C.[Y]. The fraction of sp³-hybridized carbons (Fsp3) is 0.625. The Morgan fingerprint density at radius 2 is 1.91 bits per heavy atom. The molecule has 0 amide bonds. The summed E-state index contributed by atoms with van der Waals surface area (Å²) >= 11 is 0. The number of hydrogen-bond donors (Lipinski definition) is 0. The van der Waals surface area contributed by atoms with Crippen LogP contribution in [-0.2, 0) is 37.5 Å². The van der Waals surface area contributed by atoms with Gasteiger partial charge in [0, 0.05) is 58.9 Å². The van der Waals surface area contributed by atoms with Crippen LogP contribution in [0.25, 0.3) is 0 Å². The van der Waals surface area contributed by atoms with Crippen molar-refractivity contribution in [2.24, 2.45) is 0 Å². The third-order valence-electron chi connectivity index (χ3n) is 1.03. The maximum atomic E-state index is 9.91. The molecule has 0 fully saturated rings. The maximum Gasteiger partial charge on any atom is 0.0472 e. The molecule has 0 aliphatic carbocycles. The van der Waals surface area contributed by atoms with Crippen molar-refractivity contribution in [1.82, 2.24) is 0 Å². The van der Waals surface area contributed by atoms with E-state index in [4.69, 9.17) is 0 Å². The van der Waals surface area contributed by atoms with Crippen LogP contribution >= 0.6 is 7.26 Å². The van der Waals surface area contributed by atoms with Gasteiger partial charge < -0.3 is 4.79 Å². The smallest absolute Gasteiger partial charge is 0.0472 e. The van der Waals surface area contributed by atoms with E-state index in [0.29, 0.717) is 0 Å². The number of hydrogen-bond acceptors (Lipinski definition) is 1. The molecule has 11 heavy (non-hydrogen) atoms. The Kier molecular flexibility index (Phi) is 8.49. The maximum absolute atomic E-state index is 9.91. The average Bonchev–Trinajstić information content (AvgIpc) is 1.59. The summed E-state index contributed by atoms with van der Waals surface area (Å²) in [6.07, 6.45) is 4.40. The van der Waals surface area contributed by atoms with Crippen LogP contribution < -0.4 is 0 Å². The van der Waals surface area contributed by atoms with Crippen LogP contribution in [0.2, 0.25) is 0 Å². The van der Waals surface area contributed by atoms with Gasteiger partial charge in [0.15, 0.2) is 0 Å². The second-order valence-corrected chi connectivity index (χ2v) is 8.45. The molecule has 0 unspecified atom stereocenters. The summed E-state index contributed by atoms with van der Waals surface area (Å²) in [7, 11) is -0.749. The zero-order chi connectivity index (χ0) is 8.20. The second kappa shape index (κ2) is 6.46. The summed E-state index contributed by atoms with van der Waals surface area (Å²) in [5.41, 5.74) is 1.15. The van der Waals surface area contributed by atoms with Crippen LogP contribution in [0, 0.1) is 0 Å². The standard InChI is InChI=1S/C8H15OP.Y/c1-8(5-6-9)7-10(2,3)4;/h5H,7H2,1-4H3;/b8-5+;. The van der Waals surface area contributed by atoms with E-state index in [1.165, 1.54) is 6.08 Å². The molecule has 0 spiro atoms. The van der Waals surface area contributed by atoms with E-state index in [0.717, 1.165) is 11.7 Å². The monoisotopic (exact) mass is 247 g/mol. The van der Waals surface area contributed by atoms with Crippen LogP contribution in [0.3, 0.4) is 0 Å². The first-order valence-electron chi connectivity index (χ1n) is 3.29. The molecule has 0 N–H and O–H groups in total. The van der Waals surface area contributed by atoms with E-state index in [2.05, 4.69) is 20.0 Å². The van der Waals surface area contributed by atoms with E-state index >= 15 is 0 Å². The van der Waals surface area contributed by atoms with Gasteiger partial charge in [-0.3, -0.25) is 0 Å². The summed E-state index contributed by atoms with van der Waals surface area (Å²) < 4.78 is 0. The molecular weight excluding hydrogens is 232 g/mol. The van der Waals surface area contributed by atoms with Crippen molar-refractivity contribution < 1.29 is 37.5 Å². The summed E-state index contributed by atoms with van der Waals surface area (Å²) in [6, 6.07) is 0. The molecule has 1 nitrogen and oxygen atoms in total. The molecule has 0 bridgehead atoms. The third-order valence-corrected chi connectivity index (χ3v) is 2.48. The van der Waals surface area contributed by atoms with Crippen LogP contribution in [-0.4, -0.2) is 32.4 Å². The average molecular weight is 247 g/mol. The molecule has 61 valence electrons. The van der Waals surface area contributed by atoms with Crippen molar-refractivity contribution in [3.8, 4) is 0 Å². The predicted octanol–water partition coefficient (Wildman–Crippen LogP) is 1.95. The zero-order valence-electron chi connectivity index (χ0n) is 7.72. The molecule has 0 saturated heterocycles. The quantitative estimate of drug-likeness (QED) is 0.423. The van der Waals surface area contributed by atoms with Gasteiger partial charge >= 0.3 is 0 Å². The molecule has 0 heterocycles. The Labute approximate surface area is 95.2 Å². The Balaban J connectivity index is 0. The van der Waals surface area contributed by atoms with Crippen molar-refractivity contribution in [2.75, 3.05) is 26.2 Å². The number of rotatable bonds is 3. The molecule has 0 aliphatic rings. The summed E-state index contributed by atoms with van der Waals surface area (Å²) in [5.74, 6) is 0. The van der Waals surface area contributed by atoms with Crippen LogP contribution in [0.15, 0.2) is 11.6 Å². The van der Waals surface area contributed by atoms with E-state index in [9.17, 15) is 4.79 Å². The van der Waals surface area contributed by atoms with Gasteiger partial charge in [-0.1, -0.05) is 0 Å². The summed E-state index contributed by atoms with van der Waals surface area (Å²) in [5, 5.41) is 0. The van der Waals surface area contributed by atoms with Gasteiger partial charge in [-0.15, -0.1) is 6.92 Å². The molecule has 3 heteroatoms. The van der Waals surface area contributed by atoms with Gasteiger partial charge in [0.2, 0.25) is 0 Å². The second-order valence-electron chi connectivity index (χ2n) is 3.56. The minimum absolute atomic E-state index is 0. The molecule has 0 aromatic rings. The van der Waals surface area contributed by atoms with Gasteiger partial charge in [0.1, 0.15) is 0 Å². The number of carbonyl (C=O) groups excluding carboxylic acids is 1. The molecule has 0 rings (SSSR count). The molecule has 0 saturated carbocycles.